The van der Waals surface area contributed by atoms with E-state index in [-0.39, 0.29) is 0 Å². The van der Waals surface area contributed by atoms with Crippen molar-refractivity contribution in [1.82, 2.24) is 16.0 Å². The number of rotatable bonds is 3. The zero-order valence-corrected chi connectivity index (χ0v) is 7.43. The fraction of sp³-hybridized carbons (Fsp3) is 1.00. The summed E-state index contributed by atoms with van der Waals surface area (Å²) >= 11 is 0. The van der Waals surface area contributed by atoms with Crippen LogP contribution in [-0.4, -0.2) is 38.8 Å². The van der Waals surface area contributed by atoms with Gasteiger partial charge < -0.3 is 10.6 Å². The molecular weight excluding hydrogens is 138 g/mol. The summed E-state index contributed by atoms with van der Waals surface area (Å²) in [4.78, 5) is 0. The SMILES string of the molecule is CCC(NC)C1C[N]CCN1. The Kier molecular flexibility index (Phi) is 3.83. The van der Waals surface area contributed by atoms with Crippen molar-refractivity contribution in [3.05, 3.63) is 0 Å². The summed E-state index contributed by atoms with van der Waals surface area (Å²) in [5, 5.41) is 11.1. The van der Waals surface area contributed by atoms with Gasteiger partial charge in [-0.1, -0.05) is 6.92 Å². The van der Waals surface area contributed by atoms with Gasteiger partial charge in [-0.05, 0) is 13.5 Å². The molecule has 0 aromatic heterocycles. The Morgan fingerprint density at radius 3 is 3.00 bits per heavy atom. The van der Waals surface area contributed by atoms with Crippen LogP contribution in [0.15, 0.2) is 0 Å². The maximum atomic E-state index is 4.37. The normalized spacial score (nSPS) is 28.4. The highest BCUT2D eigenvalue weighted by Gasteiger charge is 2.19. The molecule has 0 saturated carbocycles. The van der Waals surface area contributed by atoms with E-state index in [0.29, 0.717) is 12.1 Å². The van der Waals surface area contributed by atoms with Gasteiger partial charge in [-0.3, -0.25) is 0 Å². The maximum Gasteiger partial charge on any atom is 0.0363 e. The molecule has 65 valence electrons. The first-order valence-electron chi connectivity index (χ1n) is 4.42. The third-order valence-electron chi connectivity index (χ3n) is 2.30. The second-order valence-electron chi connectivity index (χ2n) is 2.99. The molecule has 2 N–H and O–H groups in total. The molecular formula is C8H18N3. The summed E-state index contributed by atoms with van der Waals surface area (Å²) in [6, 6.07) is 1.14. The van der Waals surface area contributed by atoms with Gasteiger partial charge in [-0.25, -0.2) is 5.32 Å². The van der Waals surface area contributed by atoms with E-state index in [0.717, 1.165) is 19.6 Å². The van der Waals surface area contributed by atoms with Crippen LogP contribution >= 0.6 is 0 Å². The Balaban J connectivity index is 2.30. The highest BCUT2D eigenvalue weighted by Crippen LogP contribution is 1.99. The molecule has 2 atom stereocenters. The van der Waals surface area contributed by atoms with Crippen LogP contribution in [0.1, 0.15) is 13.3 Å². The molecule has 1 aliphatic heterocycles. The second kappa shape index (κ2) is 4.70. The van der Waals surface area contributed by atoms with Gasteiger partial charge in [0.05, 0.1) is 0 Å². The van der Waals surface area contributed by atoms with Crippen molar-refractivity contribution in [3.63, 3.8) is 0 Å². The number of likely N-dealkylation sites (N-methyl/N-ethyl adjacent to an activating group) is 1. The molecule has 1 radical (unpaired) electrons. The van der Waals surface area contributed by atoms with Crippen LogP contribution in [0.4, 0.5) is 0 Å². The Labute approximate surface area is 68.9 Å². The highest BCUT2D eigenvalue weighted by atomic mass is 15.1. The Hall–Kier alpha value is -0.120. The molecule has 0 aromatic carbocycles. The molecule has 0 aliphatic carbocycles. The average molecular weight is 156 g/mol. The minimum Gasteiger partial charge on any atom is -0.315 e. The van der Waals surface area contributed by atoms with Gasteiger partial charge >= 0.3 is 0 Å². The van der Waals surface area contributed by atoms with Gasteiger partial charge in [-0.15, -0.1) is 0 Å². The molecule has 1 aliphatic rings. The number of nitrogens with one attached hydrogen (secondary N) is 2. The fourth-order valence-corrected chi connectivity index (χ4v) is 1.58. The van der Waals surface area contributed by atoms with E-state index >= 15 is 0 Å². The molecule has 0 spiro atoms. The number of piperazine rings is 1. The highest BCUT2D eigenvalue weighted by molar-refractivity contribution is 4.84. The van der Waals surface area contributed by atoms with Gasteiger partial charge in [0.15, 0.2) is 0 Å². The molecule has 0 aromatic rings. The van der Waals surface area contributed by atoms with Crippen molar-refractivity contribution in [2.24, 2.45) is 0 Å². The Bertz CT molecular complexity index is 95.5. The molecule has 1 rings (SSSR count). The third kappa shape index (κ3) is 2.43. The lowest BCUT2D eigenvalue weighted by atomic mass is 10.0. The molecule has 1 heterocycles. The van der Waals surface area contributed by atoms with Crippen LogP contribution < -0.4 is 16.0 Å². The van der Waals surface area contributed by atoms with E-state index in [9.17, 15) is 0 Å². The van der Waals surface area contributed by atoms with Crippen molar-refractivity contribution in [2.45, 2.75) is 25.4 Å². The second-order valence-corrected chi connectivity index (χ2v) is 2.99. The zero-order chi connectivity index (χ0) is 8.10. The molecule has 0 amide bonds. The van der Waals surface area contributed by atoms with Crippen LogP contribution in [0.5, 0.6) is 0 Å². The average Bonchev–Trinajstić information content (AvgIpc) is 2.09. The molecule has 2 unspecified atom stereocenters. The first-order valence-corrected chi connectivity index (χ1v) is 4.42. The monoisotopic (exact) mass is 156 g/mol. The molecule has 3 nitrogen and oxygen atoms in total. The molecule has 1 saturated heterocycles. The van der Waals surface area contributed by atoms with E-state index in [1.54, 1.807) is 0 Å². The van der Waals surface area contributed by atoms with Crippen molar-refractivity contribution in [3.8, 4) is 0 Å². The van der Waals surface area contributed by atoms with Crippen molar-refractivity contribution >= 4 is 0 Å². The van der Waals surface area contributed by atoms with Crippen molar-refractivity contribution in [1.29, 1.82) is 0 Å². The van der Waals surface area contributed by atoms with Crippen LogP contribution in [0.2, 0.25) is 0 Å². The van der Waals surface area contributed by atoms with Crippen molar-refractivity contribution < 1.29 is 0 Å². The van der Waals surface area contributed by atoms with Crippen LogP contribution in [0, 0.1) is 0 Å². The summed E-state index contributed by atoms with van der Waals surface area (Å²) in [6.07, 6.45) is 1.17. The van der Waals surface area contributed by atoms with E-state index in [1.165, 1.54) is 6.42 Å². The summed E-state index contributed by atoms with van der Waals surface area (Å²) in [6.45, 7) is 5.20. The van der Waals surface area contributed by atoms with Crippen LogP contribution in [0.25, 0.3) is 0 Å². The summed E-state index contributed by atoms with van der Waals surface area (Å²) in [5.41, 5.74) is 0. The smallest absolute Gasteiger partial charge is 0.0363 e. The van der Waals surface area contributed by atoms with Gasteiger partial charge in [0, 0.05) is 31.7 Å². The number of hydrogen-bond acceptors (Lipinski definition) is 2. The fourth-order valence-electron chi connectivity index (χ4n) is 1.58. The van der Waals surface area contributed by atoms with Gasteiger partial charge in [0.2, 0.25) is 0 Å². The summed E-state index contributed by atoms with van der Waals surface area (Å²) in [5.74, 6) is 0. The maximum absolute atomic E-state index is 4.37. The standard InChI is InChI=1S/C8H18N3/c1-3-7(9-2)8-6-10-4-5-11-8/h7-9,11H,3-6H2,1-2H3. The molecule has 11 heavy (non-hydrogen) atoms. The lowest BCUT2D eigenvalue weighted by molar-refractivity contribution is 0.327. The quantitative estimate of drug-likeness (QED) is 0.581. The minimum absolute atomic E-state index is 0.554. The van der Waals surface area contributed by atoms with Gasteiger partial charge in [0.25, 0.3) is 0 Å². The van der Waals surface area contributed by atoms with E-state index in [1.807, 2.05) is 7.05 Å². The number of nitrogens with zero attached hydrogens (tertiary/aromatic N) is 1. The predicted molar refractivity (Wildman–Crippen MR) is 46.8 cm³/mol. The molecule has 3 heteroatoms. The zero-order valence-electron chi connectivity index (χ0n) is 7.43. The summed E-state index contributed by atoms with van der Waals surface area (Å²) in [7, 11) is 2.02. The topological polar surface area (TPSA) is 38.2 Å². The molecule has 1 fully saturated rings. The van der Waals surface area contributed by atoms with Crippen LogP contribution in [-0.2, 0) is 0 Å². The van der Waals surface area contributed by atoms with E-state index in [4.69, 9.17) is 0 Å². The van der Waals surface area contributed by atoms with E-state index < -0.39 is 0 Å². The largest absolute Gasteiger partial charge is 0.315 e. The Morgan fingerprint density at radius 1 is 1.73 bits per heavy atom. The first kappa shape index (κ1) is 8.97. The lowest BCUT2D eigenvalue weighted by Gasteiger charge is -2.30. The van der Waals surface area contributed by atoms with Crippen LogP contribution in [0.3, 0.4) is 0 Å². The third-order valence-corrected chi connectivity index (χ3v) is 2.30. The van der Waals surface area contributed by atoms with Gasteiger partial charge in [0.1, 0.15) is 0 Å². The van der Waals surface area contributed by atoms with E-state index in [2.05, 4.69) is 22.9 Å². The summed E-state index contributed by atoms with van der Waals surface area (Å²) < 4.78 is 0. The Morgan fingerprint density at radius 2 is 2.55 bits per heavy atom. The van der Waals surface area contributed by atoms with Gasteiger partial charge in [-0.2, -0.15) is 0 Å². The first-order chi connectivity index (χ1) is 5.38. The predicted octanol–water partition coefficient (Wildman–Crippen LogP) is -0.439. The van der Waals surface area contributed by atoms with Crippen molar-refractivity contribution in [2.75, 3.05) is 26.7 Å². The molecule has 0 bridgehead atoms. The number of hydrogen-bond donors (Lipinski definition) is 2. The lowest BCUT2D eigenvalue weighted by Crippen LogP contribution is -2.55. The minimum atomic E-state index is 0.554.